The fraction of sp³-hybridized carbons (Fsp3) is 0.235. The van der Waals surface area contributed by atoms with Gasteiger partial charge in [-0.25, -0.2) is 4.68 Å². The van der Waals surface area contributed by atoms with Crippen LogP contribution in [0.15, 0.2) is 57.5 Å². The van der Waals surface area contributed by atoms with E-state index < -0.39 is 0 Å². The Labute approximate surface area is 139 Å². The summed E-state index contributed by atoms with van der Waals surface area (Å²) >= 11 is 6.14. The number of H-pyrrole nitrogens is 1. The van der Waals surface area contributed by atoms with E-state index in [9.17, 15) is 4.79 Å². The second-order valence-electron chi connectivity index (χ2n) is 5.53. The maximum absolute atomic E-state index is 12.5. The first-order valence-electron chi connectivity index (χ1n) is 7.38. The van der Waals surface area contributed by atoms with Crippen LogP contribution in [0.25, 0.3) is 0 Å². The second kappa shape index (κ2) is 6.38. The molecule has 1 aliphatic carbocycles. The normalized spacial score (nSPS) is 17.3. The quantitative estimate of drug-likeness (QED) is 0.798. The van der Waals surface area contributed by atoms with E-state index in [0.717, 1.165) is 12.0 Å². The molecule has 6 heteroatoms. The van der Waals surface area contributed by atoms with Gasteiger partial charge in [-0.1, -0.05) is 42.0 Å². The number of aryl methyl sites for hydroxylation is 2. The van der Waals surface area contributed by atoms with Crippen LogP contribution >= 0.6 is 11.6 Å². The van der Waals surface area contributed by atoms with Crippen molar-refractivity contribution in [3.63, 3.8) is 0 Å². The Morgan fingerprint density at radius 2 is 2.09 bits per heavy atom. The number of rotatable bonds is 3. The Morgan fingerprint density at radius 3 is 2.78 bits per heavy atom. The Balaban J connectivity index is 1.93. The van der Waals surface area contributed by atoms with Crippen LogP contribution in [0.3, 0.4) is 0 Å². The number of aromatic nitrogens is 2. The highest BCUT2D eigenvalue weighted by Crippen LogP contribution is 2.27. The molecule has 0 fully saturated rings. The molecular weight excluding hydrogens is 312 g/mol. The van der Waals surface area contributed by atoms with Crippen LogP contribution < -0.4 is 5.56 Å². The summed E-state index contributed by atoms with van der Waals surface area (Å²) in [7, 11) is 0. The first-order valence-corrected chi connectivity index (χ1v) is 7.76. The molecule has 0 spiro atoms. The number of nitrogens with zero attached hydrogens (tertiary/aromatic N) is 3. The minimum Gasteiger partial charge on any atom is -0.297 e. The third-order valence-corrected chi connectivity index (χ3v) is 4.02. The maximum atomic E-state index is 12.5. The number of halogens is 1. The van der Waals surface area contributed by atoms with E-state index in [1.54, 1.807) is 10.7 Å². The molecule has 23 heavy (non-hydrogen) atoms. The van der Waals surface area contributed by atoms with E-state index in [1.165, 1.54) is 0 Å². The monoisotopic (exact) mass is 328 g/mol. The largest absolute Gasteiger partial charge is 0.297 e. The van der Waals surface area contributed by atoms with Gasteiger partial charge in [-0.05, 0) is 38.0 Å². The topological polar surface area (TPSA) is 62.5 Å². The van der Waals surface area contributed by atoms with Crippen LogP contribution in [0.4, 0.5) is 11.4 Å². The number of nitrogens with one attached hydrogen (secondary N) is 1. The molecule has 1 unspecified atom stereocenters. The van der Waals surface area contributed by atoms with Crippen LogP contribution in [-0.4, -0.2) is 9.78 Å². The van der Waals surface area contributed by atoms with Crippen molar-refractivity contribution < 1.29 is 0 Å². The van der Waals surface area contributed by atoms with Gasteiger partial charge in [0.1, 0.15) is 5.69 Å². The summed E-state index contributed by atoms with van der Waals surface area (Å²) in [4.78, 5) is 12.5. The predicted octanol–water partition coefficient (Wildman–Crippen LogP) is 4.92. The number of hydrogen-bond acceptors (Lipinski definition) is 3. The zero-order valence-corrected chi connectivity index (χ0v) is 13.7. The average Bonchev–Trinajstić information content (AvgIpc) is 2.82. The third kappa shape index (κ3) is 3.19. The van der Waals surface area contributed by atoms with Crippen LogP contribution in [0.1, 0.15) is 23.7 Å². The van der Waals surface area contributed by atoms with Gasteiger partial charge in [0, 0.05) is 0 Å². The third-order valence-electron chi connectivity index (χ3n) is 3.72. The molecular formula is C17H17ClN4O. The Morgan fingerprint density at radius 1 is 1.26 bits per heavy atom. The van der Waals surface area contributed by atoms with Crippen molar-refractivity contribution in [1.82, 2.24) is 9.78 Å². The average molecular weight is 329 g/mol. The Kier molecular flexibility index (Phi) is 4.30. The summed E-state index contributed by atoms with van der Waals surface area (Å²) in [6.45, 7) is 3.76. The lowest BCUT2D eigenvalue weighted by Crippen LogP contribution is -2.21. The molecule has 1 atom stereocenters. The zero-order valence-electron chi connectivity index (χ0n) is 13.0. The highest BCUT2D eigenvalue weighted by molar-refractivity contribution is 6.33. The van der Waals surface area contributed by atoms with E-state index in [2.05, 4.69) is 15.3 Å². The van der Waals surface area contributed by atoms with Gasteiger partial charge in [-0.3, -0.25) is 9.89 Å². The van der Waals surface area contributed by atoms with Crippen molar-refractivity contribution in [2.75, 3.05) is 0 Å². The maximum Gasteiger partial charge on any atom is 0.295 e. The molecule has 5 nitrogen and oxygen atoms in total. The lowest BCUT2D eigenvalue weighted by molar-refractivity contribution is 0.522. The van der Waals surface area contributed by atoms with Gasteiger partial charge in [0.05, 0.1) is 16.8 Å². The van der Waals surface area contributed by atoms with Gasteiger partial charge < -0.3 is 0 Å². The molecule has 0 saturated carbocycles. The molecule has 1 aromatic heterocycles. The summed E-state index contributed by atoms with van der Waals surface area (Å²) in [5, 5.41) is 11.8. The smallest absolute Gasteiger partial charge is 0.295 e. The molecule has 2 aromatic rings. The lowest BCUT2D eigenvalue weighted by Gasteiger charge is -2.13. The second-order valence-corrected chi connectivity index (χ2v) is 5.94. The van der Waals surface area contributed by atoms with Gasteiger partial charge >= 0.3 is 0 Å². The Bertz CT molecular complexity index is 873. The molecule has 0 amide bonds. The molecule has 1 heterocycles. The summed E-state index contributed by atoms with van der Waals surface area (Å²) < 4.78 is 1.58. The molecule has 3 rings (SSSR count). The van der Waals surface area contributed by atoms with E-state index in [1.807, 2.05) is 50.3 Å². The van der Waals surface area contributed by atoms with E-state index in [4.69, 9.17) is 11.6 Å². The number of azo groups is 1. The lowest BCUT2D eigenvalue weighted by atomic mass is 10.1. The Hall–Kier alpha value is -2.40. The van der Waals surface area contributed by atoms with Crippen molar-refractivity contribution in [3.8, 4) is 0 Å². The minimum absolute atomic E-state index is 0.0156. The van der Waals surface area contributed by atoms with Crippen LogP contribution in [0.5, 0.6) is 0 Å². The summed E-state index contributed by atoms with van der Waals surface area (Å²) in [6.07, 6.45) is 8.69. The van der Waals surface area contributed by atoms with Crippen LogP contribution in [0, 0.1) is 13.8 Å². The van der Waals surface area contributed by atoms with Crippen molar-refractivity contribution in [2.45, 2.75) is 26.3 Å². The first-order chi connectivity index (χ1) is 11.1. The number of allylic oxidation sites excluding steroid dienone is 4. The molecule has 0 saturated heterocycles. The summed E-state index contributed by atoms with van der Waals surface area (Å²) in [5.74, 6) is 0. The fourth-order valence-electron chi connectivity index (χ4n) is 2.47. The van der Waals surface area contributed by atoms with Gasteiger partial charge in [-0.15, -0.1) is 10.2 Å². The molecule has 118 valence electrons. The molecule has 0 aliphatic heterocycles. The van der Waals surface area contributed by atoms with Gasteiger partial charge in [0.15, 0.2) is 5.69 Å². The number of aromatic amines is 1. The highest BCUT2D eigenvalue weighted by Gasteiger charge is 2.16. The number of benzene rings is 1. The van der Waals surface area contributed by atoms with Crippen molar-refractivity contribution >= 4 is 23.0 Å². The van der Waals surface area contributed by atoms with Gasteiger partial charge in [-0.2, -0.15) is 0 Å². The first kappa shape index (κ1) is 15.5. The molecule has 0 radical (unpaired) electrons. The molecule has 0 bridgehead atoms. The van der Waals surface area contributed by atoms with Crippen LogP contribution in [-0.2, 0) is 0 Å². The standard InChI is InChI=1S/C17H17ClN4O/c1-11-8-9-15(14(18)10-11)19-20-16-12(2)21-22(17(16)23)13-6-4-3-5-7-13/h3-6,8-10,13,21H,7H2,1-2H3. The molecule has 1 N–H and O–H groups in total. The van der Waals surface area contributed by atoms with Crippen molar-refractivity contribution in [2.24, 2.45) is 10.2 Å². The van der Waals surface area contributed by atoms with Crippen molar-refractivity contribution in [3.05, 3.63) is 69.1 Å². The highest BCUT2D eigenvalue weighted by atomic mass is 35.5. The van der Waals surface area contributed by atoms with E-state index in [-0.39, 0.29) is 11.6 Å². The summed E-state index contributed by atoms with van der Waals surface area (Å²) in [5.41, 5.74) is 2.41. The van der Waals surface area contributed by atoms with Crippen molar-refractivity contribution in [1.29, 1.82) is 0 Å². The minimum atomic E-state index is -0.181. The van der Waals surface area contributed by atoms with Gasteiger partial charge in [0.2, 0.25) is 0 Å². The predicted molar refractivity (Wildman–Crippen MR) is 92.1 cm³/mol. The number of hydrogen-bond donors (Lipinski definition) is 1. The molecule has 1 aromatic carbocycles. The van der Waals surface area contributed by atoms with E-state index in [0.29, 0.717) is 22.1 Å². The molecule has 1 aliphatic rings. The SMILES string of the molecule is Cc1ccc(N=Nc2c(C)[nH]n(C3C=CC=CC3)c2=O)c(Cl)c1. The van der Waals surface area contributed by atoms with E-state index >= 15 is 0 Å². The zero-order chi connectivity index (χ0) is 16.4. The van der Waals surface area contributed by atoms with Gasteiger partial charge in [0.25, 0.3) is 5.56 Å². The fourth-order valence-corrected chi connectivity index (χ4v) is 2.74. The summed E-state index contributed by atoms with van der Waals surface area (Å²) in [6, 6.07) is 5.49. The van der Waals surface area contributed by atoms with Crippen LogP contribution in [0.2, 0.25) is 5.02 Å².